The number of hydrogen-bond donors (Lipinski definition) is 2. The lowest BCUT2D eigenvalue weighted by molar-refractivity contribution is 0.221. The van der Waals surface area contributed by atoms with Crippen LogP contribution in [0.2, 0.25) is 0 Å². The summed E-state index contributed by atoms with van der Waals surface area (Å²) < 4.78 is 0. The van der Waals surface area contributed by atoms with Gasteiger partial charge < -0.3 is 5.73 Å². The molecule has 0 fully saturated rings. The third-order valence-corrected chi connectivity index (χ3v) is 1.62. The molecule has 0 aliphatic heterocycles. The number of primary amides is 1. The number of nitrogens with zero attached hydrogens (tertiary/aromatic N) is 2. The minimum atomic E-state index is -0.537. The highest BCUT2D eigenvalue weighted by atomic mass is 16.2. The molecule has 0 aromatic heterocycles. The molecule has 0 radical (unpaired) electrons. The van der Waals surface area contributed by atoms with Gasteiger partial charge in [-0.15, -0.1) is 0 Å². The Hall–Kier alpha value is -2.17. The van der Waals surface area contributed by atoms with E-state index in [9.17, 15) is 9.59 Å². The molecule has 0 heterocycles. The summed E-state index contributed by atoms with van der Waals surface area (Å²) in [4.78, 5) is 23.2. The highest BCUT2D eigenvalue weighted by Gasteiger charge is 1.90. The number of urea groups is 1. The average Bonchev–Trinajstić information content (AvgIpc) is 2.20. The number of hydrazine groups is 1. The highest BCUT2D eigenvalue weighted by molar-refractivity contribution is 5.70. The molecule has 0 saturated heterocycles. The SMILES string of the molecule is CN(C)NC(N)=O.Cc1ccccc1N=C=O. The summed E-state index contributed by atoms with van der Waals surface area (Å²) in [7, 11) is 3.37. The number of para-hydroxylation sites is 1. The number of carbonyl (C=O) groups excluding carboxylic acids is 2. The summed E-state index contributed by atoms with van der Waals surface area (Å²) in [6, 6.07) is 6.88. The number of carbonyl (C=O) groups is 1. The van der Waals surface area contributed by atoms with Gasteiger partial charge in [-0.3, -0.25) is 5.43 Å². The fourth-order valence-electron chi connectivity index (χ4n) is 0.958. The maximum Gasteiger partial charge on any atom is 0.326 e. The molecule has 0 bridgehead atoms. The monoisotopic (exact) mass is 236 g/mol. The quantitative estimate of drug-likeness (QED) is 0.457. The predicted molar refractivity (Wildman–Crippen MR) is 65.4 cm³/mol. The van der Waals surface area contributed by atoms with Crippen molar-refractivity contribution in [2.45, 2.75) is 6.92 Å². The van der Waals surface area contributed by atoms with Gasteiger partial charge in [-0.1, -0.05) is 18.2 Å². The predicted octanol–water partition coefficient (Wildman–Crippen LogP) is 1.09. The standard InChI is InChI=1S/C8H7NO.C3H9N3O/c1-7-4-2-3-5-8(7)9-6-10;1-6(2)5-3(4)7/h2-5H,1H3;1-2H3,(H3,4,5,7). The number of amides is 2. The molecule has 0 saturated carbocycles. The average molecular weight is 236 g/mol. The normalized spacial score (nSPS) is 8.71. The fraction of sp³-hybridized carbons (Fsp3) is 0.273. The van der Waals surface area contributed by atoms with Gasteiger partial charge in [-0.05, 0) is 18.6 Å². The first-order valence-corrected chi connectivity index (χ1v) is 4.84. The Bertz CT molecular complexity index is 412. The van der Waals surface area contributed by atoms with Crippen molar-refractivity contribution in [3.05, 3.63) is 29.8 Å². The Kier molecular flexibility index (Phi) is 7.01. The Morgan fingerprint density at radius 2 is 2.00 bits per heavy atom. The van der Waals surface area contributed by atoms with E-state index in [-0.39, 0.29) is 0 Å². The second-order valence-electron chi connectivity index (χ2n) is 3.36. The van der Waals surface area contributed by atoms with Gasteiger partial charge in [0, 0.05) is 14.1 Å². The second kappa shape index (κ2) is 8.04. The number of rotatable bonds is 2. The lowest BCUT2D eigenvalue weighted by Crippen LogP contribution is -2.39. The Balaban J connectivity index is 0.000000325. The maximum absolute atomic E-state index is 9.88. The number of nitrogens with one attached hydrogen (secondary N) is 1. The third-order valence-electron chi connectivity index (χ3n) is 1.62. The molecule has 0 spiro atoms. The first-order valence-electron chi connectivity index (χ1n) is 4.84. The molecule has 6 heteroatoms. The fourth-order valence-corrected chi connectivity index (χ4v) is 0.958. The Morgan fingerprint density at radius 1 is 1.41 bits per heavy atom. The molecule has 0 atom stereocenters. The van der Waals surface area contributed by atoms with Gasteiger partial charge in [0.05, 0.1) is 5.69 Å². The van der Waals surface area contributed by atoms with E-state index >= 15 is 0 Å². The number of nitrogens with two attached hydrogens (primary N) is 1. The van der Waals surface area contributed by atoms with Gasteiger partial charge in [0.15, 0.2) is 0 Å². The number of hydrogen-bond acceptors (Lipinski definition) is 4. The second-order valence-corrected chi connectivity index (χ2v) is 3.36. The van der Waals surface area contributed by atoms with Crippen molar-refractivity contribution >= 4 is 17.8 Å². The molecule has 6 nitrogen and oxygen atoms in total. The summed E-state index contributed by atoms with van der Waals surface area (Å²) in [5.41, 5.74) is 8.66. The van der Waals surface area contributed by atoms with E-state index in [0.717, 1.165) is 5.56 Å². The molecule has 2 amide bonds. The zero-order chi connectivity index (χ0) is 13.3. The number of aryl methyl sites for hydroxylation is 1. The minimum absolute atomic E-state index is 0.537. The van der Waals surface area contributed by atoms with E-state index in [0.29, 0.717) is 5.69 Å². The smallest absolute Gasteiger partial charge is 0.326 e. The summed E-state index contributed by atoms with van der Waals surface area (Å²) >= 11 is 0. The largest absolute Gasteiger partial charge is 0.351 e. The van der Waals surface area contributed by atoms with Crippen LogP contribution in [0.25, 0.3) is 0 Å². The van der Waals surface area contributed by atoms with Crippen LogP contribution < -0.4 is 11.2 Å². The van der Waals surface area contributed by atoms with Crippen molar-refractivity contribution in [3.63, 3.8) is 0 Å². The van der Waals surface area contributed by atoms with Gasteiger partial charge in [0.2, 0.25) is 6.08 Å². The lowest BCUT2D eigenvalue weighted by atomic mass is 10.2. The van der Waals surface area contributed by atoms with E-state index in [2.05, 4.69) is 10.4 Å². The van der Waals surface area contributed by atoms with E-state index in [4.69, 9.17) is 5.73 Å². The van der Waals surface area contributed by atoms with Crippen molar-refractivity contribution in [1.82, 2.24) is 10.4 Å². The lowest BCUT2D eigenvalue weighted by Gasteiger charge is -2.06. The molecule has 0 unspecified atom stereocenters. The summed E-state index contributed by atoms with van der Waals surface area (Å²) in [5.74, 6) is 0. The van der Waals surface area contributed by atoms with Crippen LogP contribution in [-0.4, -0.2) is 31.2 Å². The van der Waals surface area contributed by atoms with Crippen LogP contribution >= 0.6 is 0 Å². The molecule has 0 aliphatic carbocycles. The molecule has 92 valence electrons. The number of aliphatic imine (C=N–C) groups is 1. The van der Waals surface area contributed by atoms with Crippen molar-refractivity contribution in [2.24, 2.45) is 10.7 Å². The molecule has 0 aliphatic rings. The summed E-state index contributed by atoms with van der Waals surface area (Å²) in [6.45, 7) is 1.90. The van der Waals surface area contributed by atoms with Crippen molar-refractivity contribution in [2.75, 3.05) is 14.1 Å². The highest BCUT2D eigenvalue weighted by Crippen LogP contribution is 2.15. The van der Waals surface area contributed by atoms with Crippen molar-refractivity contribution in [1.29, 1.82) is 0 Å². The molecular formula is C11H16N4O2. The van der Waals surface area contributed by atoms with Crippen LogP contribution in [0.1, 0.15) is 5.56 Å². The van der Waals surface area contributed by atoms with Crippen molar-refractivity contribution < 1.29 is 9.59 Å². The van der Waals surface area contributed by atoms with Gasteiger partial charge in [0.1, 0.15) is 0 Å². The topological polar surface area (TPSA) is 87.8 Å². The number of isocyanates is 1. The third kappa shape index (κ3) is 7.72. The van der Waals surface area contributed by atoms with Crippen LogP contribution in [-0.2, 0) is 4.79 Å². The first kappa shape index (κ1) is 14.8. The molecule has 1 rings (SSSR count). The Morgan fingerprint density at radius 3 is 2.35 bits per heavy atom. The molecular weight excluding hydrogens is 220 g/mol. The van der Waals surface area contributed by atoms with E-state index in [1.54, 1.807) is 20.2 Å². The summed E-state index contributed by atoms with van der Waals surface area (Å²) in [5, 5.41) is 1.47. The van der Waals surface area contributed by atoms with Gasteiger partial charge >= 0.3 is 6.03 Å². The first-order chi connectivity index (χ1) is 7.97. The van der Waals surface area contributed by atoms with Crippen molar-refractivity contribution in [3.8, 4) is 0 Å². The van der Waals surface area contributed by atoms with Gasteiger partial charge in [0.25, 0.3) is 0 Å². The van der Waals surface area contributed by atoms with Crippen LogP contribution in [0.4, 0.5) is 10.5 Å². The van der Waals surface area contributed by atoms with Crippen LogP contribution in [0.3, 0.4) is 0 Å². The van der Waals surface area contributed by atoms with E-state index in [1.165, 1.54) is 11.1 Å². The van der Waals surface area contributed by atoms with Crippen LogP contribution in [0, 0.1) is 6.92 Å². The minimum Gasteiger partial charge on any atom is -0.351 e. The van der Waals surface area contributed by atoms with E-state index < -0.39 is 6.03 Å². The van der Waals surface area contributed by atoms with Crippen LogP contribution in [0.15, 0.2) is 29.3 Å². The zero-order valence-electron chi connectivity index (χ0n) is 10.1. The molecule has 3 N–H and O–H groups in total. The molecule has 1 aromatic rings. The van der Waals surface area contributed by atoms with Gasteiger partial charge in [-0.25, -0.2) is 14.6 Å². The molecule has 17 heavy (non-hydrogen) atoms. The van der Waals surface area contributed by atoms with Gasteiger partial charge in [-0.2, -0.15) is 4.99 Å². The molecule has 1 aromatic carbocycles. The number of benzene rings is 1. The van der Waals surface area contributed by atoms with Crippen LogP contribution in [0.5, 0.6) is 0 Å². The Labute approximate surface area is 100 Å². The summed E-state index contributed by atoms with van der Waals surface area (Å²) in [6.07, 6.45) is 1.50. The van der Waals surface area contributed by atoms with E-state index in [1.807, 2.05) is 25.1 Å². The zero-order valence-corrected chi connectivity index (χ0v) is 10.1. The maximum atomic E-state index is 9.88.